The van der Waals surface area contributed by atoms with Crippen molar-refractivity contribution in [3.63, 3.8) is 0 Å². The summed E-state index contributed by atoms with van der Waals surface area (Å²) >= 11 is 5.52. The Morgan fingerprint density at radius 3 is 1.52 bits per heavy atom. The minimum atomic E-state index is 0.715. The molecule has 65 heavy (non-hydrogen) atoms. The van der Waals surface area contributed by atoms with Crippen LogP contribution in [0.2, 0.25) is 0 Å². The van der Waals surface area contributed by atoms with E-state index in [1.165, 1.54) is 76.9 Å². The van der Waals surface area contributed by atoms with E-state index in [4.69, 9.17) is 15.0 Å². The topological polar surface area (TPSA) is 38.7 Å². The van der Waals surface area contributed by atoms with E-state index in [0.29, 0.717) is 5.82 Å². The number of nitrogens with zero attached hydrogens (tertiary/aromatic N) is 3. The van der Waals surface area contributed by atoms with Gasteiger partial charge in [0.05, 0.1) is 22.6 Å². The van der Waals surface area contributed by atoms with E-state index in [1.807, 2.05) is 34.0 Å². The number of aromatic nitrogens is 3. The minimum Gasteiger partial charge on any atom is -0.247 e. The number of pyridine rings is 1. The first-order valence-electron chi connectivity index (χ1n) is 21.7. The van der Waals surface area contributed by atoms with Crippen molar-refractivity contribution in [2.75, 3.05) is 0 Å². The summed E-state index contributed by atoms with van der Waals surface area (Å²) in [5.41, 5.74) is 10.4. The highest BCUT2D eigenvalue weighted by molar-refractivity contribution is 7.27. The number of thiophene rings is 3. The second-order valence-corrected chi connectivity index (χ2v) is 19.9. The van der Waals surface area contributed by atoms with Gasteiger partial charge in [-0.3, -0.25) is 0 Å². The molecule has 0 spiro atoms. The summed E-state index contributed by atoms with van der Waals surface area (Å²) in [5.74, 6) is 0.715. The first kappa shape index (κ1) is 36.8. The van der Waals surface area contributed by atoms with Gasteiger partial charge < -0.3 is 0 Å². The van der Waals surface area contributed by atoms with Crippen LogP contribution in [-0.2, 0) is 0 Å². The molecule has 0 saturated heterocycles. The van der Waals surface area contributed by atoms with Crippen LogP contribution >= 0.6 is 34.0 Å². The third-order valence-corrected chi connectivity index (χ3v) is 16.4. The van der Waals surface area contributed by atoms with Crippen LogP contribution in [0.4, 0.5) is 0 Å². The molecular formula is C59H33N3S3. The Morgan fingerprint density at radius 1 is 0.292 bits per heavy atom. The molecule has 0 saturated carbocycles. The van der Waals surface area contributed by atoms with E-state index in [1.54, 1.807) is 0 Å². The number of hydrogen-bond donors (Lipinski definition) is 0. The van der Waals surface area contributed by atoms with E-state index < -0.39 is 0 Å². The summed E-state index contributed by atoms with van der Waals surface area (Å²) in [6.45, 7) is 0. The van der Waals surface area contributed by atoms with Gasteiger partial charge in [-0.1, -0.05) is 152 Å². The smallest absolute Gasteiger partial charge is 0.160 e. The summed E-state index contributed by atoms with van der Waals surface area (Å²) in [4.78, 5) is 16.0. The normalized spacial score (nSPS) is 12.0. The van der Waals surface area contributed by atoms with Crippen molar-refractivity contribution in [1.29, 1.82) is 0 Å². The zero-order valence-corrected chi connectivity index (χ0v) is 37.1. The fourth-order valence-corrected chi connectivity index (χ4v) is 13.3. The summed E-state index contributed by atoms with van der Waals surface area (Å²) in [6.07, 6.45) is 0. The molecule has 0 fully saturated rings. The zero-order valence-electron chi connectivity index (χ0n) is 34.6. The van der Waals surface area contributed by atoms with Crippen molar-refractivity contribution in [3.05, 3.63) is 200 Å². The van der Waals surface area contributed by atoms with Crippen LogP contribution in [-0.4, -0.2) is 15.0 Å². The number of rotatable bonds is 5. The average Bonchev–Trinajstić information content (AvgIpc) is 4.07. The molecule has 6 heteroatoms. The van der Waals surface area contributed by atoms with E-state index in [-0.39, 0.29) is 0 Å². The van der Waals surface area contributed by atoms with Gasteiger partial charge >= 0.3 is 0 Å². The average molecular weight is 880 g/mol. The van der Waals surface area contributed by atoms with E-state index in [9.17, 15) is 0 Å². The zero-order chi connectivity index (χ0) is 42.6. The van der Waals surface area contributed by atoms with Gasteiger partial charge in [0, 0.05) is 104 Å². The van der Waals surface area contributed by atoms with Gasteiger partial charge in [-0.15, -0.1) is 34.0 Å². The predicted octanol–water partition coefficient (Wildman–Crippen LogP) is 17.6. The Labute approximate surface area is 385 Å². The van der Waals surface area contributed by atoms with Crippen LogP contribution < -0.4 is 0 Å². The first-order chi connectivity index (χ1) is 32.2. The highest BCUT2D eigenvalue weighted by Crippen LogP contribution is 2.48. The Balaban J connectivity index is 0.958. The van der Waals surface area contributed by atoms with Gasteiger partial charge in [-0.2, -0.15) is 0 Å². The molecule has 0 aliphatic carbocycles. The van der Waals surface area contributed by atoms with Crippen molar-refractivity contribution < 1.29 is 0 Å². The number of benzene rings is 9. The minimum absolute atomic E-state index is 0.715. The Hall–Kier alpha value is -7.61. The van der Waals surface area contributed by atoms with E-state index in [2.05, 4.69) is 200 Å². The molecule has 5 aromatic heterocycles. The maximum Gasteiger partial charge on any atom is 0.160 e. The lowest BCUT2D eigenvalue weighted by Crippen LogP contribution is -1.96. The van der Waals surface area contributed by atoms with Gasteiger partial charge in [0.15, 0.2) is 5.82 Å². The predicted molar refractivity (Wildman–Crippen MR) is 281 cm³/mol. The van der Waals surface area contributed by atoms with Crippen LogP contribution in [0.15, 0.2) is 200 Å². The molecule has 9 aromatic carbocycles. The molecule has 5 heterocycles. The molecule has 0 radical (unpaired) electrons. The molecule has 3 nitrogen and oxygen atoms in total. The quantitative estimate of drug-likeness (QED) is 0.162. The number of para-hydroxylation sites is 1. The second-order valence-electron chi connectivity index (χ2n) is 16.7. The van der Waals surface area contributed by atoms with E-state index in [0.717, 1.165) is 55.8 Å². The fourth-order valence-electron chi connectivity index (χ4n) is 9.80. The van der Waals surface area contributed by atoms with Gasteiger partial charge in [0.2, 0.25) is 0 Å². The Kier molecular flexibility index (Phi) is 8.19. The van der Waals surface area contributed by atoms with Gasteiger partial charge in [0.1, 0.15) is 0 Å². The third-order valence-electron chi connectivity index (χ3n) is 12.9. The third kappa shape index (κ3) is 5.88. The van der Waals surface area contributed by atoms with Crippen molar-refractivity contribution >= 4 is 116 Å². The lowest BCUT2D eigenvalue weighted by Gasteiger charge is -2.15. The van der Waals surface area contributed by atoms with Gasteiger partial charge in [0.25, 0.3) is 0 Å². The lowest BCUT2D eigenvalue weighted by molar-refractivity contribution is 1.19. The molecule has 0 unspecified atom stereocenters. The Bertz CT molecular complexity index is 4110. The van der Waals surface area contributed by atoms with Crippen LogP contribution in [0.5, 0.6) is 0 Å². The van der Waals surface area contributed by atoms with Crippen molar-refractivity contribution in [3.8, 4) is 56.3 Å². The summed E-state index contributed by atoms with van der Waals surface area (Å²) < 4.78 is 7.62. The van der Waals surface area contributed by atoms with Crippen molar-refractivity contribution in [2.45, 2.75) is 0 Å². The van der Waals surface area contributed by atoms with Gasteiger partial charge in [-0.25, -0.2) is 15.0 Å². The van der Waals surface area contributed by atoms with Crippen molar-refractivity contribution in [1.82, 2.24) is 15.0 Å². The fraction of sp³-hybridized carbons (Fsp3) is 0. The molecular weight excluding hydrogens is 847 g/mol. The number of fused-ring (bicyclic) bond motifs is 13. The molecule has 302 valence electrons. The molecule has 0 aliphatic rings. The first-order valence-corrected chi connectivity index (χ1v) is 24.2. The summed E-state index contributed by atoms with van der Waals surface area (Å²) in [5, 5.41) is 11.3. The van der Waals surface area contributed by atoms with E-state index >= 15 is 0 Å². The monoisotopic (exact) mass is 879 g/mol. The maximum atomic E-state index is 5.35. The van der Waals surface area contributed by atoms with Crippen LogP contribution in [0.3, 0.4) is 0 Å². The molecule has 14 aromatic rings. The maximum absolute atomic E-state index is 5.35. The molecule has 0 bridgehead atoms. The molecule has 14 rings (SSSR count). The van der Waals surface area contributed by atoms with Crippen LogP contribution in [0.25, 0.3) is 138 Å². The SMILES string of the molecule is c1ccc(-c2nc3ccccc3c3c2cc(-c2ccc(-c4cc(-c5ccc6c(c5)sc5ccccc56)nc(-c5ccc6c(c5)sc5ccccc56)n4)cc2)c2sc4ccccc4c23)cc1. The van der Waals surface area contributed by atoms with Crippen LogP contribution in [0.1, 0.15) is 0 Å². The molecule has 0 aliphatic heterocycles. The highest BCUT2D eigenvalue weighted by atomic mass is 32.1. The molecule has 0 atom stereocenters. The van der Waals surface area contributed by atoms with Crippen molar-refractivity contribution in [2.24, 2.45) is 0 Å². The Morgan fingerprint density at radius 2 is 0.815 bits per heavy atom. The van der Waals surface area contributed by atoms with Crippen LogP contribution in [0, 0.1) is 0 Å². The largest absolute Gasteiger partial charge is 0.247 e. The summed E-state index contributed by atoms with van der Waals surface area (Å²) in [6, 6.07) is 72.3. The lowest BCUT2D eigenvalue weighted by atomic mass is 9.92. The number of hydrogen-bond acceptors (Lipinski definition) is 6. The van der Waals surface area contributed by atoms with Gasteiger partial charge in [-0.05, 0) is 54.1 Å². The highest BCUT2D eigenvalue weighted by Gasteiger charge is 2.21. The standard InChI is InChI=1S/C59H33N3S3/c1-2-12-36(13-3-1)57-46-32-45(58-56(44-17-7-11-21-52(44)65-58)55(46)43-16-4-8-18-47(43)60-57)34-22-24-35(25-23-34)48-33-49(37-26-28-41-39-14-5-9-19-50(39)63-53(41)30-37)62-59(61-48)38-27-29-42-40-15-6-10-20-51(40)64-54(42)31-38/h1-33H. The molecule has 0 N–H and O–H groups in total. The summed E-state index contributed by atoms with van der Waals surface area (Å²) in [7, 11) is 0. The second kappa shape index (κ2) is 14.5. The molecule has 0 amide bonds.